The topological polar surface area (TPSA) is 27.8 Å². The molecule has 1 aromatic heterocycles. The van der Waals surface area contributed by atoms with Gasteiger partial charge in [0, 0.05) is 24.4 Å². The molecule has 2 atom stereocenters. The fourth-order valence-corrected chi connectivity index (χ4v) is 3.68. The number of hydrogen-bond donors (Lipinski definition) is 2. The summed E-state index contributed by atoms with van der Waals surface area (Å²) in [6, 6.07) is 4.19. The Morgan fingerprint density at radius 2 is 2.22 bits per heavy atom. The van der Waals surface area contributed by atoms with Gasteiger partial charge >= 0.3 is 0 Å². The van der Waals surface area contributed by atoms with Gasteiger partial charge in [0.25, 0.3) is 0 Å². The summed E-state index contributed by atoms with van der Waals surface area (Å²) in [6.07, 6.45) is 16.0. The smallest absolute Gasteiger partial charge is 0.0731 e. The Kier molecular flexibility index (Phi) is 3.55. The lowest BCUT2D eigenvalue weighted by atomic mass is 9.73. The number of allylic oxidation sites excluding steroid dienone is 8. The highest BCUT2D eigenvalue weighted by molar-refractivity contribution is 5.80. The summed E-state index contributed by atoms with van der Waals surface area (Å²) in [7, 11) is 0. The summed E-state index contributed by atoms with van der Waals surface area (Å²) in [5.74, 6) is 7.32. The van der Waals surface area contributed by atoms with Crippen LogP contribution in [0.25, 0.3) is 5.57 Å². The molecule has 23 heavy (non-hydrogen) atoms. The summed E-state index contributed by atoms with van der Waals surface area (Å²) in [5, 5.41) is 3.37. The van der Waals surface area contributed by atoms with Crippen molar-refractivity contribution in [1.29, 1.82) is 0 Å². The number of hydrogen-bond acceptors (Lipinski definition) is 1. The van der Waals surface area contributed by atoms with Gasteiger partial charge in [-0.2, -0.15) is 0 Å². The first-order chi connectivity index (χ1) is 11.3. The van der Waals surface area contributed by atoms with Gasteiger partial charge < -0.3 is 10.3 Å². The van der Waals surface area contributed by atoms with Crippen LogP contribution in [0, 0.1) is 23.7 Å². The summed E-state index contributed by atoms with van der Waals surface area (Å²) < 4.78 is 0. The van der Waals surface area contributed by atoms with Crippen LogP contribution < -0.4 is 5.32 Å². The van der Waals surface area contributed by atoms with Crippen LogP contribution in [0.3, 0.4) is 0 Å². The van der Waals surface area contributed by atoms with E-state index in [2.05, 4.69) is 71.7 Å². The molecule has 4 rings (SSSR count). The van der Waals surface area contributed by atoms with Crippen LogP contribution in [0.15, 0.2) is 71.6 Å². The van der Waals surface area contributed by atoms with Crippen molar-refractivity contribution in [1.82, 2.24) is 10.3 Å². The Morgan fingerprint density at radius 1 is 1.26 bits per heavy atom. The molecule has 114 valence electrons. The van der Waals surface area contributed by atoms with Gasteiger partial charge in [0.2, 0.25) is 0 Å². The van der Waals surface area contributed by atoms with E-state index in [1.807, 2.05) is 12.3 Å². The molecule has 0 amide bonds. The van der Waals surface area contributed by atoms with Crippen LogP contribution in [0.4, 0.5) is 0 Å². The van der Waals surface area contributed by atoms with Crippen molar-refractivity contribution >= 4 is 5.57 Å². The minimum absolute atomic E-state index is 0.148. The Balaban J connectivity index is 1.86. The summed E-state index contributed by atoms with van der Waals surface area (Å²) >= 11 is 0. The third-order valence-electron chi connectivity index (χ3n) is 4.76. The molecule has 0 aromatic carbocycles. The Labute approximate surface area is 137 Å². The third kappa shape index (κ3) is 2.49. The molecule has 1 aromatic rings. The minimum Gasteiger partial charge on any atom is -0.391 e. The molecule has 0 saturated carbocycles. The number of aromatic amines is 1. The molecular formula is C21H20N2. The van der Waals surface area contributed by atoms with Crippen molar-refractivity contribution in [2.24, 2.45) is 11.8 Å². The average molecular weight is 300 g/mol. The zero-order valence-electron chi connectivity index (χ0n) is 13.3. The summed E-state index contributed by atoms with van der Waals surface area (Å²) in [4.78, 5) is 3.36. The Morgan fingerprint density at radius 3 is 3.00 bits per heavy atom. The van der Waals surface area contributed by atoms with Crippen molar-refractivity contribution < 1.29 is 0 Å². The highest BCUT2D eigenvalue weighted by Crippen LogP contribution is 2.43. The van der Waals surface area contributed by atoms with Gasteiger partial charge in [-0.3, -0.25) is 0 Å². The normalized spacial score (nSPS) is 25.6. The van der Waals surface area contributed by atoms with Gasteiger partial charge in [-0.25, -0.2) is 0 Å². The van der Waals surface area contributed by atoms with Crippen LogP contribution in [0.1, 0.15) is 19.0 Å². The highest BCUT2D eigenvalue weighted by Gasteiger charge is 2.31. The van der Waals surface area contributed by atoms with Gasteiger partial charge in [-0.1, -0.05) is 36.1 Å². The maximum Gasteiger partial charge on any atom is 0.0731 e. The molecule has 1 aliphatic heterocycles. The highest BCUT2D eigenvalue weighted by atomic mass is 14.8. The quantitative estimate of drug-likeness (QED) is 0.795. The summed E-state index contributed by atoms with van der Waals surface area (Å²) in [5.41, 5.74) is 6.58. The molecular weight excluding hydrogens is 280 g/mol. The first-order valence-electron chi connectivity index (χ1n) is 8.17. The lowest BCUT2D eigenvalue weighted by Gasteiger charge is -2.32. The zero-order valence-corrected chi connectivity index (χ0v) is 13.3. The predicted molar refractivity (Wildman–Crippen MR) is 95.2 cm³/mol. The van der Waals surface area contributed by atoms with E-state index in [1.165, 1.54) is 28.0 Å². The van der Waals surface area contributed by atoms with Gasteiger partial charge in [-0.05, 0) is 60.0 Å². The van der Waals surface area contributed by atoms with E-state index in [9.17, 15) is 0 Å². The van der Waals surface area contributed by atoms with E-state index in [0.717, 1.165) is 13.0 Å². The number of H-pyrrole nitrogens is 1. The Bertz CT molecular complexity index is 817. The molecule has 0 bridgehead atoms. The zero-order chi connectivity index (χ0) is 15.6. The first-order valence-corrected chi connectivity index (χ1v) is 8.17. The molecule has 2 unspecified atom stereocenters. The largest absolute Gasteiger partial charge is 0.391 e. The second kappa shape index (κ2) is 5.85. The van der Waals surface area contributed by atoms with Crippen LogP contribution in [0.5, 0.6) is 0 Å². The van der Waals surface area contributed by atoms with Crippen molar-refractivity contribution in [2.75, 3.05) is 6.54 Å². The number of fused-ring (bicyclic) bond motifs is 1. The van der Waals surface area contributed by atoms with E-state index in [1.54, 1.807) is 0 Å². The van der Waals surface area contributed by atoms with Crippen LogP contribution in [0.2, 0.25) is 0 Å². The lowest BCUT2D eigenvalue weighted by molar-refractivity contribution is 0.563. The fourth-order valence-electron chi connectivity index (χ4n) is 3.68. The van der Waals surface area contributed by atoms with E-state index < -0.39 is 0 Å². The van der Waals surface area contributed by atoms with Gasteiger partial charge in [0.15, 0.2) is 0 Å². The van der Waals surface area contributed by atoms with E-state index >= 15 is 0 Å². The summed E-state index contributed by atoms with van der Waals surface area (Å²) in [6.45, 7) is 3.20. The van der Waals surface area contributed by atoms with E-state index in [-0.39, 0.29) is 5.92 Å². The van der Waals surface area contributed by atoms with Crippen molar-refractivity contribution in [3.63, 3.8) is 0 Å². The number of aromatic nitrogens is 1. The second-order valence-electron chi connectivity index (χ2n) is 6.23. The van der Waals surface area contributed by atoms with Crippen molar-refractivity contribution in [2.45, 2.75) is 13.3 Å². The first kappa shape index (κ1) is 14.0. The number of rotatable bonds is 2. The predicted octanol–water partition coefficient (Wildman–Crippen LogP) is 3.97. The molecule has 2 aliphatic carbocycles. The molecule has 2 N–H and O–H groups in total. The SMILES string of the molecule is CC1=C(c2ccc[nH]2)C2C#CC=CC=C2C(C2CC=CNC2)=C1. The van der Waals surface area contributed by atoms with Gasteiger partial charge in [0.05, 0.1) is 5.92 Å². The molecule has 2 heteroatoms. The van der Waals surface area contributed by atoms with Gasteiger partial charge in [-0.15, -0.1) is 0 Å². The van der Waals surface area contributed by atoms with E-state index in [0.29, 0.717) is 5.92 Å². The number of nitrogens with one attached hydrogen (secondary N) is 2. The molecule has 2 heterocycles. The van der Waals surface area contributed by atoms with Gasteiger partial charge in [0.1, 0.15) is 0 Å². The van der Waals surface area contributed by atoms with Crippen LogP contribution in [-0.2, 0) is 0 Å². The maximum absolute atomic E-state index is 3.46. The molecule has 0 spiro atoms. The van der Waals surface area contributed by atoms with Crippen molar-refractivity contribution in [3.8, 4) is 11.8 Å². The molecule has 3 aliphatic rings. The molecule has 0 radical (unpaired) electrons. The van der Waals surface area contributed by atoms with E-state index in [4.69, 9.17) is 0 Å². The lowest BCUT2D eigenvalue weighted by Crippen LogP contribution is -2.27. The van der Waals surface area contributed by atoms with Crippen molar-refractivity contribution in [3.05, 3.63) is 77.3 Å². The minimum atomic E-state index is 0.148. The maximum atomic E-state index is 3.46. The van der Waals surface area contributed by atoms with Crippen LogP contribution >= 0.6 is 0 Å². The van der Waals surface area contributed by atoms with Crippen LogP contribution in [-0.4, -0.2) is 11.5 Å². The second-order valence-corrected chi connectivity index (χ2v) is 6.23. The molecule has 2 nitrogen and oxygen atoms in total. The monoisotopic (exact) mass is 300 g/mol. The Hall–Kier alpha value is -2.66. The standard InChI is InChI=1S/C21H20N2/c1-15-13-19(16-7-5-11-22-14-16)17-8-3-2-4-9-18(17)21(15)20-10-6-12-23-20/h2-3,5-6,8,10-13,16,18,22-23H,7,14H2,1H3. The molecule has 0 fully saturated rings. The fraction of sp³-hybridized carbons (Fsp3) is 0.238. The molecule has 0 saturated heterocycles. The average Bonchev–Trinajstić information content (AvgIpc) is 2.99. The third-order valence-corrected chi connectivity index (χ3v) is 4.76.